The first-order valence-electron chi connectivity index (χ1n) is 6.24. The van der Waals surface area contributed by atoms with Crippen LogP contribution in [0, 0.1) is 5.92 Å². The van der Waals surface area contributed by atoms with E-state index < -0.39 is 0 Å². The second-order valence-corrected chi connectivity index (χ2v) is 4.83. The standard InChI is InChI=1S/C15H22O/c1-13(2)12-15(16)11-7-6-10-14-8-4-3-5-9-14/h3-5,8-9,13H,6-7,10-12H2,1-2H3. The fraction of sp³-hybridized carbons (Fsp3) is 0.533. The highest BCUT2D eigenvalue weighted by Gasteiger charge is 2.04. The maximum absolute atomic E-state index is 11.5. The molecule has 1 aromatic carbocycles. The van der Waals surface area contributed by atoms with Crippen molar-refractivity contribution in [3.63, 3.8) is 0 Å². The molecule has 0 aliphatic carbocycles. The van der Waals surface area contributed by atoms with Crippen LogP contribution in [-0.4, -0.2) is 5.78 Å². The monoisotopic (exact) mass is 218 g/mol. The van der Waals surface area contributed by atoms with E-state index in [0.29, 0.717) is 11.7 Å². The number of benzene rings is 1. The van der Waals surface area contributed by atoms with E-state index in [1.165, 1.54) is 5.56 Å². The molecule has 1 rings (SSSR count). The zero-order valence-corrected chi connectivity index (χ0v) is 10.4. The van der Waals surface area contributed by atoms with Gasteiger partial charge in [0.2, 0.25) is 0 Å². The molecule has 0 saturated carbocycles. The fourth-order valence-corrected chi connectivity index (χ4v) is 1.85. The molecule has 88 valence electrons. The van der Waals surface area contributed by atoms with Gasteiger partial charge in [-0.1, -0.05) is 44.2 Å². The van der Waals surface area contributed by atoms with Crippen LogP contribution in [0.5, 0.6) is 0 Å². The van der Waals surface area contributed by atoms with E-state index in [0.717, 1.165) is 32.1 Å². The highest BCUT2D eigenvalue weighted by atomic mass is 16.1. The predicted octanol–water partition coefficient (Wildman–Crippen LogP) is 4.01. The van der Waals surface area contributed by atoms with Crippen molar-refractivity contribution in [3.8, 4) is 0 Å². The minimum Gasteiger partial charge on any atom is -0.300 e. The summed E-state index contributed by atoms with van der Waals surface area (Å²) >= 11 is 0. The van der Waals surface area contributed by atoms with Crippen molar-refractivity contribution >= 4 is 5.78 Å². The Morgan fingerprint density at radius 2 is 1.81 bits per heavy atom. The molecular formula is C15H22O. The van der Waals surface area contributed by atoms with Crippen LogP contribution in [0.1, 0.15) is 45.1 Å². The molecular weight excluding hydrogens is 196 g/mol. The summed E-state index contributed by atoms with van der Waals surface area (Å²) < 4.78 is 0. The molecule has 0 atom stereocenters. The Morgan fingerprint density at radius 3 is 2.44 bits per heavy atom. The number of rotatable bonds is 7. The Balaban J connectivity index is 2.10. The van der Waals surface area contributed by atoms with Crippen LogP contribution in [0.2, 0.25) is 0 Å². The lowest BCUT2D eigenvalue weighted by Gasteiger charge is -2.04. The van der Waals surface area contributed by atoms with E-state index in [-0.39, 0.29) is 0 Å². The van der Waals surface area contributed by atoms with Crippen LogP contribution in [-0.2, 0) is 11.2 Å². The van der Waals surface area contributed by atoms with Crippen LogP contribution < -0.4 is 0 Å². The zero-order chi connectivity index (χ0) is 11.8. The van der Waals surface area contributed by atoms with Gasteiger partial charge in [0.05, 0.1) is 0 Å². The van der Waals surface area contributed by atoms with Gasteiger partial charge in [0.1, 0.15) is 5.78 Å². The number of ketones is 1. The third-order valence-electron chi connectivity index (χ3n) is 2.65. The summed E-state index contributed by atoms with van der Waals surface area (Å²) in [5.41, 5.74) is 1.37. The minimum absolute atomic E-state index is 0.420. The molecule has 0 bridgehead atoms. The Bertz CT molecular complexity index is 300. The molecule has 16 heavy (non-hydrogen) atoms. The molecule has 1 nitrogen and oxygen atoms in total. The second kappa shape index (κ2) is 7.21. The van der Waals surface area contributed by atoms with Crippen molar-refractivity contribution in [3.05, 3.63) is 35.9 Å². The van der Waals surface area contributed by atoms with Crippen LogP contribution >= 0.6 is 0 Å². The lowest BCUT2D eigenvalue weighted by atomic mass is 10.0. The molecule has 0 spiro atoms. The lowest BCUT2D eigenvalue weighted by Crippen LogP contribution is -2.02. The molecule has 0 fully saturated rings. The van der Waals surface area contributed by atoms with Gasteiger partial charge < -0.3 is 0 Å². The average molecular weight is 218 g/mol. The van der Waals surface area contributed by atoms with Crippen molar-refractivity contribution in [2.45, 2.75) is 46.0 Å². The van der Waals surface area contributed by atoms with Gasteiger partial charge in [0.25, 0.3) is 0 Å². The first-order valence-corrected chi connectivity index (χ1v) is 6.24. The fourth-order valence-electron chi connectivity index (χ4n) is 1.85. The Kier molecular flexibility index (Phi) is 5.84. The molecule has 1 aromatic rings. The molecule has 1 heteroatoms. The Hall–Kier alpha value is -1.11. The molecule has 0 N–H and O–H groups in total. The summed E-state index contributed by atoms with van der Waals surface area (Å²) in [6.45, 7) is 4.20. The first-order chi connectivity index (χ1) is 7.68. The molecule has 0 amide bonds. The molecule has 0 heterocycles. The van der Waals surface area contributed by atoms with E-state index in [1.807, 2.05) is 6.07 Å². The van der Waals surface area contributed by atoms with Crippen molar-refractivity contribution < 1.29 is 4.79 Å². The van der Waals surface area contributed by atoms with Crippen LogP contribution in [0.25, 0.3) is 0 Å². The van der Waals surface area contributed by atoms with Gasteiger partial charge in [-0.05, 0) is 30.7 Å². The summed E-state index contributed by atoms with van der Waals surface area (Å²) in [5, 5.41) is 0. The maximum Gasteiger partial charge on any atom is 0.133 e. The second-order valence-electron chi connectivity index (χ2n) is 4.83. The van der Waals surface area contributed by atoms with Crippen LogP contribution in [0.3, 0.4) is 0 Å². The highest BCUT2D eigenvalue weighted by Crippen LogP contribution is 2.09. The SMILES string of the molecule is CC(C)CC(=O)CCCCc1ccccc1. The van der Waals surface area contributed by atoms with Gasteiger partial charge in [0, 0.05) is 12.8 Å². The van der Waals surface area contributed by atoms with E-state index in [4.69, 9.17) is 0 Å². The number of aryl methyl sites for hydroxylation is 1. The molecule has 0 aliphatic heterocycles. The molecule has 0 aliphatic rings. The van der Waals surface area contributed by atoms with Gasteiger partial charge in [-0.15, -0.1) is 0 Å². The average Bonchev–Trinajstić information content (AvgIpc) is 2.25. The number of carbonyl (C=O) groups is 1. The van der Waals surface area contributed by atoms with Crippen molar-refractivity contribution in [2.24, 2.45) is 5.92 Å². The smallest absolute Gasteiger partial charge is 0.133 e. The lowest BCUT2D eigenvalue weighted by molar-refractivity contribution is -0.119. The van der Waals surface area contributed by atoms with Gasteiger partial charge >= 0.3 is 0 Å². The molecule has 0 radical (unpaired) electrons. The van der Waals surface area contributed by atoms with Gasteiger partial charge in [0.15, 0.2) is 0 Å². The van der Waals surface area contributed by atoms with E-state index >= 15 is 0 Å². The van der Waals surface area contributed by atoms with E-state index in [2.05, 4.69) is 38.1 Å². The van der Waals surface area contributed by atoms with Gasteiger partial charge in [-0.2, -0.15) is 0 Å². The number of Topliss-reactive ketones (excluding diaryl/α,β-unsaturated/α-hetero) is 1. The first kappa shape index (κ1) is 13.0. The number of hydrogen-bond donors (Lipinski definition) is 0. The molecule has 0 unspecified atom stereocenters. The summed E-state index contributed by atoms with van der Waals surface area (Å²) in [4.78, 5) is 11.5. The Morgan fingerprint density at radius 1 is 1.12 bits per heavy atom. The highest BCUT2D eigenvalue weighted by molar-refractivity contribution is 5.78. The van der Waals surface area contributed by atoms with Crippen molar-refractivity contribution in [2.75, 3.05) is 0 Å². The summed E-state index contributed by atoms with van der Waals surface area (Å²) in [5.74, 6) is 0.921. The predicted molar refractivity (Wildman–Crippen MR) is 68.5 cm³/mol. The zero-order valence-electron chi connectivity index (χ0n) is 10.4. The number of hydrogen-bond acceptors (Lipinski definition) is 1. The van der Waals surface area contributed by atoms with Crippen molar-refractivity contribution in [1.82, 2.24) is 0 Å². The minimum atomic E-state index is 0.420. The normalized spacial score (nSPS) is 10.7. The van der Waals surface area contributed by atoms with E-state index in [1.54, 1.807) is 0 Å². The third-order valence-corrected chi connectivity index (χ3v) is 2.65. The number of carbonyl (C=O) groups excluding carboxylic acids is 1. The van der Waals surface area contributed by atoms with E-state index in [9.17, 15) is 4.79 Å². The maximum atomic E-state index is 11.5. The topological polar surface area (TPSA) is 17.1 Å². The Labute approximate surface area is 98.9 Å². The third kappa shape index (κ3) is 5.69. The number of unbranched alkanes of at least 4 members (excludes halogenated alkanes) is 1. The van der Waals surface area contributed by atoms with Crippen LogP contribution in [0.15, 0.2) is 30.3 Å². The largest absolute Gasteiger partial charge is 0.300 e. The van der Waals surface area contributed by atoms with Crippen molar-refractivity contribution in [1.29, 1.82) is 0 Å². The summed E-state index contributed by atoms with van der Waals surface area (Å²) in [6, 6.07) is 10.5. The summed E-state index contributed by atoms with van der Waals surface area (Å²) in [6.07, 6.45) is 4.74. The van der Waals surface area contributed by atoms with Gasteiger partial charge in [-0.3, -0.25) is 4.79 Å². The molecule has 0 saturated heterocycles. The molecule has 0 aromatic heterocycles. The summed E-state index contributed by atoms with van der Waals surface area (Å²) in [7, 11) is 0. The quantitative estimate of drug-likeness (QED) is 0.632. The van der Waals surface area contributed by atoms with Crippen LogP contribution in [0.4, 0.5) is 0 Å². The van der Waals surface area contributed by atoms with Gasteiger partial charge in [-0.25, -0.2) is 0 Å².